The molecule has 1 rings (SSSR count). The normalized spacial score (nSPS) is 10.1. The van der Waals surface area contributed by atoms with E-state index in [2.05, 4.69) is 5.32 Å². The molecule has 0 radical (unpaired) electrons. The van der Waals surface area contributed by atoms with Gasteiger partial charge in [-0.3, -0.25) is 4.79 Å². The fourth-order valence-electron chi connectivity index (χ4n) is 1.63. The monoisotopic (exact) mass is 255 g/mol. The minimum atomic E-state index is -0.0205. The van der Waals surface area contributed by atoms with Crippen molar-refractivity contribution in [2.75, 3.05) is 13.0 Å². The lowest BCUT2D eigenvalue weighted by molar-refractivity contribution is -0.120. The van der Waals surface area contributed by atoms with E-state index in [0.717, 1.165) is 22.4 Å². The van der Waals surface area contributed by atoms with E-state index in [1.807, 2.05) is 26.0 Å². The van der Waals surface area contributed by atoms with Gasteiger partial charge in [-0.2, -0.15) is 0 Å². The highest BCUT2D eigenvalue weighted by molar-refractivity contribution is 6.18. The molecule has 1 aromatic rings. The van der Waals surface area contributed by atoms with Crippen molar-refractivity contribution < 1.29 is 9.53 Å². The Morgan fingerprint density at radius 1 is 1.35 bits per heavy atom. The molecule has 0 spiro atoms. The van der Waals surface area contributed by atoms with Gasteiger partial charge < -0.3 is 10.1 Å². The number of hydrogen-bond acceptors (Lipinski definition) is 2. The molecule has 3 nitrogen and oxygen atoms in total. The van der Waals surface area contributed by atoms with E-state index in [1.54, 1.807) is 7.11 Å². The topological polar surface area (TPSA) is 38.3 Å². The van der Waals surface area contributed by atoms with Crippen LogP contribution in [-0.4, -0.2) is 18.9 Å². The van der Waals surface area contributed by atoms with Crippen molar-refractivity contribution in [1.82, 2.24) is 5.32 Å². The number of ether oxygens (including phenoxy) is 1. The lowest BCUT2D eigenvalue weighted by Crippen LogP contribution is -2.23. The third-order valence-electron chi connectivity index (χ3n) is 2.65. The average Bonchev–Trinajstić information content (AvgIpc) is 2.30. The first-order chi connectivity index (χ1) is 8.08. The fourth-order valence-corrected chi connectivity index (χ4v) is 1.80. The summed E-state index contributed by atoms with van der Waals surface area (Å²) in [6.45, 7) is 4.53. The van der Waals surface area contributed by atoms with Gasteiger partial charge in [0.1, 0.15) is 5.75 Å². The van der Waals surface area contributed by atoms with Gasteiger partial charge in [0, 0.05) is 18.8 Å². The Bertz CT molecular complexity index is 405. The molecule has 0 fully saturated rings. The van der Waals surface area contributed by atoms with Crippen LogP contribution in [0.15, 0.2) is 12.1 Å². The summed E-state index contributed by atoms with van der Waals surface area (Å²) in [6.07, 6.45) is 0.357. The maximum atomic E-state index is 11.3. The number of benzene rings is 1. The van der Waals surface area contributed by atoms with Crippen molar-refractivity contribution in [2.45, 2.75) is 26.8 Å². The molecule has 17 heavy (non-hydrogen) atoms. The second-order valence-corrected chi connectivity index (χ2v) is 4.34. The predicted octanol–water partition coefficient (Wildman–Crippen LogP) is 2.56. The van der Waals surface area contributed by atoms with Gasteiger partial charge in [-0.25, -0.2) is 0 Å². The van der Waals surface area contributed by atoms with Gasteiger partial charge in [0.25, 0.3) is 0 Å². The molecule has 0 saturated heterocycles. The Kier molecular flexibility index (Phi) is 5.29. The Hall–Kier alpha value is -1.22. The number of amides is 1. The summed E-state index contributed by atoms with van der Waals surface area (Å²) in [7, 11) is 1.66. The molecule has 1 N–H and O–H groups in total. The van der Waals surface area contributed by atoms with Gasteiger partial charge in [-0.15, -0.1) is 11.6 Å². The van der Waals surface area contributed by atoms with Crippen LogP contribution in [0.2, 0.25) is 0 Å². The molecule has 0 aliphatic heterocycles. The van der Waals surface area contributed by atoms with Gasteiger partial charge in [0.15, 0.2) is 0 Å². The van der Waals surface area contributed by atoms with Crippen LogP contribution in [-0.2, 0) is 11.3 Å². The molecule has 0 aliphatic rings. The van der Waals surface area contributed by atoms with Crippen molar-refractivity contribution in [2.24, 2.45) is 0 Å². The fraction of sp³-hybridized carbons (Fsp3) is 0.462. The highest BCUT2D eigenvalue weighted by Crippen LogP contribution is 2.22. The van der Waals surface area contributed by atoms with Crippen LogP contribution in [0.4, 0.5) is 0 Å². The van der Waals surface area contributed by atoms with Crippen LogP contribution in [0.5, 0.6) is 5.75 Å². The Morgan fingerprint density at radius 2 is 2.06 bits per heavy atom. The van der Waals surface area contributed by atoms with E-state index in [-0.39, 0.29) is 5.91 Å². The standard InChI is InChI=1S/C13H18ClNO2/c1-9-7-12(17-3)10(2)6-11(9)8-15-13(16)4-5-14/h6-7H,4-5,8H2,1-3H3,(H,15,16). The smallest absolute Gasteiger partial charge is 0.221 e. The van der Waals surface area contributed by atoms with Crippen LogP contribution < -0.4 is 10.1 Å². The minimum absolute atomic E-state index is 0.0205. The van der Waals surface area contributed by atoms with Crippen LogP contribution in [0, 0.1) is 13.8 Å². The molecule has 0 bridgehead atoms. The van der Waals surface area contributed by atoms with Crippen LogP contribution in [0.25, 0.3) is 0 Å². The number of hydrogen-bond donors (Lipinski definition) is 1. The maximum absolute atomic E-state index is 11.3. The quantitative estimate of drug-likeness (QED) is 0.822. The largest absolute Gasteiger partial charge is 0.496 e. The molecule has 1 amide bonds. The van der Waals surface area contributed by atoms with Crippen molar-refractivity contribution in [3.05, 3.63) is 28.8 Å². The van der Waals surface area contributed by atoms with E-state index in [1.165, 1.54) is 0 Å². The summed E-state index contributed by atoms with van der Waals surface area (Å²) in [5.74, 6) is 1.21. The number of methoxy groups -OCH3 is 1. The summed E-state index contributed by atoms with van der Waals surface area (Å²) < 4.78 is 5.24. The number of alkyl halides is 1. The van der Waals surface area contributed by atoms with Gasteiger partial charge in [0.2, 0.25) is 5.91 Å². The molecule has 0 saturated carbocycles. The molecule has 0 aromatic heterocycles. The number of carbonyl (C=O) groups excluding carboxylic acids is 1. The molecule has 0 atom stereocenters. The number of nitrogens with one attached hydrogen (secondary N) is 1. The van der Waals surface area contributed by atoms with E-state index < -0.39 is 0 Å². The van der Waals surface area contributed by atoms with Gasteiger partial charge >= 0.3 is 0 Å². The van der Waals surface area contributed by atoms with Crippen molar-refractivity contribution in [3.63, 3.8) is 0 Å². The summed E-state index contributed by atoms with van der Waals surface area (Å²) in [4.78, 5) is 11.3. The molecule has 0 heterocycles. The first-order valence-corrected chi connectivity index (χ1v) is 6.08. The van der Waals surface area contributed by atoms with Crippen LogP contribution in [0.3, 0.4) is 0 Å². The van der Waals surface area contributed by atoms with Crippen molar-refractivity contribution in [1.29, 1.82) is 0 Å². The average molecular weight is 256 g/mol. The van der Waals surface area contributed by atoms with Crippen LogP contribution in [0.1, 0.15) is 23.1 Å². The number of halogens is 1. The molecular weight excluding hydrogens is 238 g/mol. The Morgan fingerprint density at radius 3 is 2.65 bits per heavy atom. The number of aryl methyl sites for hydroxylation is 2. The van der Waals surface area contributed by atoms with E-state index >= 15 is 0 Å². The molecule has 1 aromatic carbocycles. The Balaban J connectivity index is 2.72. The Labute approximate surface area is 107 Å². The summed E-state index contributed by atoms with van der Waals surface area (Å²) in [5, 5.41) is 2.84. The highest BCUT2D eigenvalue weighted by Gasteiger charge is 2.06. The zero-order valence-corrected chi connectivity index (χ0v) is 11.2. The van der Waals surface area contributed by atoms with Gasteiger partial charge in [-0.1, -0.05) is 6.07 Å². The lowest BCUT2D eigenvalue weighted by Gasteiger charge is -2.12. The summed E-state index contributed by atoms with van der Waals surface area (Å²) in [6, 6.07) is 4.02. The van der Waals surface area contributed by atoms with E-state index in [4.69, 9.17) is 16.3 Å². The van der Waals surface area contributed by atoms with Crippen molar-refractivity contribution in [3.8, 4) is 5.75 Å². The number of rotatable bonds is 5. The highest BCUT2D eigenvalue weighted by atomic mass is 35.5. The molecule has 0 unspecified atom stereocenters. The zero-order chi connectivity index (χ0) is 12.8. The number of carbonyl (C=O) groups is 1. The lowest BCUT2D eigenvalue weighted by atomic mass is 10.0. The van der Waals surface area contributed by atoms with E-state index in [0.29, 0.717) is 18.8 Å². The molecule has 4 heteroatoms. The van der Waals surface area contributed by atoms with Gasteiger partial charge in [-0.05, 0) is 36.6 Å². The second-order valence-electron chi connectivity index (χ2n) is 3.96. The zero-order valence-electron chi connectivity index (χ0n) is 10.5. The van der Waals surface area contributed by atoms with Crippen molar-refractivity contribution >= 4 is 17.5 Å². The maximum Gasteiger partial charge on any atom is 0.221 e. The first-order valence-electron chi connectivity index (χ1n) is 5.55. The third-order valence-corrected chi connectivity index (χ3v) is 2.84. The summed E-state index contributed by atoms with van der Waals surface area (Å²) in [5.41, 5.74) is 3.28. The SMILES string of the molecule is COc1cc(C)c(CNC(=O)CCCl)cc1C. The molecule has 0 aliphatic carbocycles. The van der Waals surface area contributed by atoms with Gasteiger partial charge in [0.05, 0.1) is 7.11 Å². The molecular formula is C13H18ClNO2. The van der Waals surface area contributed by atoms with Crippen LogP contribution >= 0.6 is 11.6 Å². The predicted molar refractivity (Wildman–Crippen MR) is 69.7 cm³/mol. The summed E-state index contributed by atoms with van der Waals surface area (Å²) >= 11 is 5.50. The minimum Gasteiger partial charge on any atom is -0.496 e. The first kappa shape index (κ1) is 13.8. The third kappa shape index (κ3) is 3.93. The van der Waals surface area contributed by atoms with E-state index in [9.17, 15) is 4.79 Å². The molecule has 94 valence electrons. The second kappa shape index (κ2) is 6.50.